The predicted octanol–water partition coefficient (Wildman–Crippen LogP) is 1.23. The number of carbonyl (C=O) groups is 1. The highest BCUT2D eigenvalue weighted by Crippen LogP contribution is 2.27. The first-order valence-electron chi connectivity index (χ1n) is 9.20. The largest absolute Gasteiger partial charge is 0.495 e. The van der Waals surface area contributed by atoms with Gasteiger partial charge in [0.05, 0.1) is 37.3 Å². The number of morpholine rings is 1. The topological polar surface area (TPSA) is 110 Å². The molecule has 9 nitrogen and oxygen atoms in total. The maximum atomic E-state index is 12.6. The summed E-state index contributed by atoms with van der Waals surface area (Å²) in [4.78, 5) is 16.9. The van der Waals surface area contributed by atoms with Crippen LogP contribution in [0.2, 0.25) is 0 Å². The third kappa shape index (κ3) is 5.43. The van der Waals surface area contributed by atoms with Gasteiger partial charge < -0.3 is 20.1 Å². The van der Waals surface area contributed by atoms with E-state index in [9.17, 15) is 13.2 Å². The molecular weight excluding hydrogens is 396 g/mol. The summed E-state index contributed by atoms with van der Waals surface area (Å²) in [5.41, 5.74) is 0.972. The van der Waals surface area contributed by atoms with E-state index in [4.69, 9.17) is 9.47 Å². The van der Waals surface area contributed by atoms with Gasteiger partial charge in [-0.15, -0.1) is 0 Å². The molecule has 1 fully saturated rings. The van der Waals surface area contributed by atoms with E-state index in [2.05, 4.69) is 15.6 Å². The quantitative estimate of drug-likeness (QED) is 0.661. The van der Waals surface area contributed by atoms with Gasteiger partial charge in [0.1, 0.15) is 11.6 Å². The smallest absolute Gasteiger partial charge is 0.255 e. The summed E-state index contributed by atoms with van der Waals surface area (Å²) >= 11 is 0. The summed E-state index contributed by atoms with van der Waals surface area (Å²) in [6.45, 7) is 1.46. The van der Waals surface area contributed by atoms with Gasteiger partial charge in [-0.2, -0.15) is 4.31 Å². The van der Waals surface area contributed by atoms with E-state index in [1.54, 1.807) is 31.5 Å². The first kappa shape index (κ1) is 21.0. The normalized spacial score (nSPS) is 14.9. The average molecular weight is 420 g/mol. The number of nitrogens with zero attached hydrogens (tertiary/aromatic N) is 2. The van der Waals surface area contributed by atoms with E-state index in [1.165, 1.54) is 4.31 Å². The second-order valence-corrected chi connectivity index (χ2v) is 8.40. The Kier molecular flexibility index (Phi) is 7.02. The number of anilines is 2. The molecule has 1 aromatic carbocycles. The zero-order valence-corrected chi connectivity index (χ0v) is 16.9. The van der Waals surface area contributed by atoms with Crippen molar-refractivity contribution in [2.45, 2.75) is 0 Å². The number of sulfonamides is 1. The number of rotatable bonds is 8. The number of methoxy groups -OCH3 is 1. The molecule has 0 atom stereocenters. The molecule has 0 aliphatic carbocycles. The van der Waals surface area contributed by atoms with Crippen molar-refractivity contribution in [2.24, 2.45) is 0 Å². The Labute approximate surface area is 170 Å². The average Bonchev–Trinajstić information content (AvgIpc) is 2.75. The van der Waals surface area contributed by atoms with Crippen LogP contribution in [0.15, 0.2) is 42.6 Å². The van der Waals surface area contributed by atoms with Crippen molar-refractivity contribution >= 4 is 27.4 Å². The molecule has 2 aromatic rings. The number of aromatic nitrogens is 1. The third-order valence-electron chi connectivity index (χ3n) is 4.42. The second-order valence-electron chi connectivity index (χ2n) is 6.31. The lowest BCUT2D eigenvalue weighted by Crippen LogP contribution is -2.43. The van der Waals surface area contributed by atoms with Gasteiger partial charge in [-0.25, -0.2) is 13.4 Å². The van der Waals surface area contributed by atoms with Gasteiger partial charge in [0.25, 0.3) is 5.91 Å². The molecule has 0 radical (unpaired) electrons. The second kappa shape index (κ2) is 9.68. The van der Waals surface area contributed by atoms with Crippen LogP contribution in [-0.4, -0.2) is 69.3 Å². The van der Waals surface area contributed by atoms with Crippen molar-refractivity contribution in [2.75, 3.05) is 51.0 Å². The highest BCUT2D eigenvalue weighted by Gasteiger charge is 2.24. The summed E-state index contributed by atoms with van der Waals surface area (Å²) in [7, 11) is -1.88. The summed E-state index contributed by atoms with van der Waals surface area (Å²) in [5.74, 6) is 0.383. The van der Waals surface area contributed by atoms with Crippen molar-refractivity contribution in [3.63, 3.8) is 0 Å². The number of carbonyl (C=O) groups excluding carboxylic acids is 1. The van der Waals surface area contributed by atoms with Crippen LogP contribution in [0.5, 0.6) is 5.75 Å². The number of ether oxygens (including phenoxy) is 2. The summed E-state index contributed by atoms with van der Waals surface area (Å²) in [5, 5.41) is 5.76. The summed E-state index contributed by atoms with van der Waals surface area (Å²) in [6.07, 6.45) is 1.57. The van der Waals surface area contributed by atoms with Crippen LogP contribution < -0.4 is 15.4 Å². The van der Waals surface area contributed by atoms with Gasteiger partial charge in [0.2, 0.25) is 10.0 Å². The van der Waals surface area contributed by atoms with Gasteiger partial charge in [-0.1, -0.05) is 12.1 Å². The first-order chi connectivity index (χ1) is 14.0. The molecule has 10 heteroatoms. The number of hydrogen-bond donors (Lipinski definition) is 2. The van der Waals surface area contributed by atoms with E-state index in [0.717, 1.165) is 0 Å². The van der Waals surface area contributed by atoms with E-state index < -0.39 is 15.9 Å². The van der Waals surface area contributed by atoms with E-state index in [1.807, 2.05) is 18.2 Å². The SMILES string of the molecule is COc1ccccc1Nc1ncccc1C(=O)NCCS(=O)(=O)N1CCOCC1. The molecule has 29 heavy (non-hydrogen) atoms. The highest BCUT2D eigenvalue weighted by molar-refractivity contribution is 7.89. The molecule has 0 unspecified atom stereocenters. The minimum Gasteiger partial charge on any atom is -0.495 e. The molecule has 1 aromatic heterocycles. The van der Waals surface area contributed by atoms with Crippen molar-refractivity contribution in [3.8, 4) is 5.75 Å². The Bertz CT molecular complexity index is 945. The van der Waals surface area contributed by atoms with Gasteiger partial charge >= 0.3 is 0 Å². The van der Waals surface area contributed by atoms with Crippen molar-refractivity contribution in [1.29, 1.82) is 0 Å². The number of hydrogen-bond acceptors (Lipinski definition) is 7. The lowest BCUT2D eigenvalue weighted by Gasteiger charge is -2.26. The van der Waals surface area contributed by atoms with Crippen LogP contribution >= 0.6 is 0 Å². The Balaban J connectivity index is 1.64. The zero-order valence-electron chi connectivity index (χ0n) is 16.1. The fraction of sp³-hybridized carbons (Fsp3) is 0.368. The molecule has 1 amide bonds. The van der Waals surface area contributed by atoms with Crippen molar-refractivity contribution < 1.29 is 22.7 Å². The maximum absolute atomic E-state index is 12.6. The maximum Gasteiger partial charge on any atom is 0.255 e. The molecule has 0 spiro atoms. The van der Waals surface area contributed by atoms with Crippen molar-refractivity contribution in [3.05, 3.63) is 48.2 Å². The molecule has 0 bridgehead atoms. The van der Waals surface area contributed by atoms with Crippen LogP contribution in [0.3, 0.4) is 0 Å². The molecule has 156 valence electrons. The summed E-state index contributed by atoms with van der Waals surface area (Å²) in [6, 6.07) is 10.5. The molecule has 1 saturated heterocycles. The van der Waals surface area contributed by atoms with Crippen LogP contribution in [0.25, 0.3) is 0 Å². The monoisotopic (exact) mass is 420 g/mol. The minimum absolute atomic E-state index is 0.00150. The lowest BCUT2D eigenvalue weighted by molar-refractivity contribution is 0.0730. The van der Waals surface area contributed by atoms with E-state index in [-0.39, 0.29) is 12.3 Å². The molecule has 1 aliphatic heterocycles. The Morgan fingerprint density at radius 3 is 2.72 bits per heavy atom. The van der Waals surface area contributed by atoms with Gasteiger partial charge in [-0.3, -0.25) is 4.79 Å². The third-order valence-corrected chi connectivity index (χ3v) is 6.29. The first-order valence-corrected chi connectivity index (χ1v) is 10.8. The predicted molar refractivity (Wildman–Crippen MR) is 109 cm³/mol. The van der Waals surface area contributed by atoms with Gasteiger partial charge in [0, 0.05) is 25.8 Å². The Morgan fingerprint density at radius 2 is 1.97 bits per heavy atom. The Hall–Kier alpha value is -2.69. The zero-order chi connectivity index (χ0) is 20.7. The number of para-hydroxylation sites is 2. The standard InChI is InChI=1S/C19H24N4O5S/c1-27-17-7-3-2-6-16(17)22-18-15(5-4-8-20-18)19(24)21-9-14-29(25,26)23-10-12-28-13-11-23/h2-8H,9-14H2,1H3,(H,20,22)(H,21,24). The number of nitrogens with one attached hydrogen (secondary N) is 2. The highest BCUT2D eigenvalue weighted by atomic mass is 32.2. The molecule has 2 N–H and O–H groups in total. The van der Waals surface area contributed by atoms with Crippen LogP contribution in [0.1, 0.15) is 10.4 Å². The molecular formula is C19H24N4O5S. The Morgan fingerprint density at radius 1 is 1.21 bits per heavy atom. The molecule has 1 aliphatic rings. The number of benzene rings is 1. The fourth-order valence-electron chi connectivity index (χ4n) is 2.91. The van der Waals surface area contributed by atoms with Gasteiger partial charge in [0.15, 0.2) is 0 Å². The van der Waals surface area contributed by atoms with Crippen LogP contribution in [0, 0.1) is 0 Å². The fourth-order valence-corrected chi connectivity index (χ4v) is 4.23. The van der Waals surface area contributed by atoms with Crippen molar-refractivity contribution in [1.82, 2.24) is 14.6 Å². The molecule has 2 heterocycles. The molecule has 3 rings (SSSR count). The lowest BCUT2D eigenvalue weighted by atomic mass is 10.2. The van der Waals surface area contributed by atoms with Crippen LogP contribution in [-0.2, 0) is 14.8 Å². The molecule has 0 saturated carbocycles. The van der Waals surface area contributed by atoms with Crippen LogP contribution in [0.4, 0.5) is 11.5 Å². The van der Waals surface area contributed by atoms with E-state index >= 15 is 0 Å². The number of amides is 1. The van der Waals surface area contributed by atoms with Gasteiger partial charge in [-0.05, 0) is 24.3 Å². The van der Waals surface area contributed by atoms with E-state index in [0.29, 0.717) is 49.1 Å². The number of pyridine rings is 1. The summed E-state index contributed by atoms with van der Waals surface area (Å²) < 4.78 is 36.6. The minimum atomic E-state index is -3.44.